The van der Waals surface area contributed by atoms with E-state index in [1.165, 1.54) is 0 Å². The molecule has 0 aliphatic rings. The molecule has 2 N–H and O–H groups in total. The van der Waals surface area contributed by atoms with E-state index in [2.05, 4.69) is 25.3 Å². The Morgan fingerprint density at radius 1 is 1.12 bits per heavy atom. The number of hydrogen-bond donors (Lipinski definition) is 2. The van der Waals surface area contributed by atoms with Gasteiger partial charge in [0, 0.05) is 35.2 Å². The van der Waals surface area contributed by atoms with E-state index in [1.807, 2.05) is 43.3 Å². The first-order valence-corrected chi connectivity index (χ1v) is 7.87. The maximum atomic E-state index is 6.31. The molecule has 0 atom stereocenters. The third kappa shape index (κ3) is 2.70. The molecule has 0 radical (unpaired) electrons. The number of nitrogens with one attached hydrogen (secondary N) is 2. The average Bonchev–Trinajstić information content (AvgIpc) is 3.13. The lowest BCUT2D eigenvalue weighted by Gasteiger charge is -2.08. The zero-order chi connectivity index (χ0) is 16.5. The molecule has 0 saturated heterocycles. The molecule has 0 aliphatic heterocycles. The second-order valence-corrected chi connectivity index (χ2v) is 5.84. The molecule has 24 heavy (non-hydrogen) atoms. The summed E-state index contributed by atoms with van der Waals surface area (Å²) in [5.41, 5.74) is 3.70. The molecule has 0 bridgehead atoms. The summed E-state index contributed by atoms with van der Waals surface area (Å²) in [6.07, 6.45) is 5.28. The number of halogens is 1. The van der Waals surface area contributed by atoms with Gasteiger partial charge in [0.2, 0.25) is 5.95 Å². The average molecular weight is 336 g/mol. The number of hydrogen-bond acceptors (Lipinski definition) is 4. The van der Waals surface area contributed by atoms with Gasteiger partial charge >= 0.3 is 0 Å². The van der Waals surface area contributed by atoms with Crippen LogP contribution >= 0.6 is 11.6 Å². The molecule has 0 saturated carbocycles. The van der Waals surface area contributed by atoms with Crippen molar-refractivity contribution in [2.24, 2.45) is 0 Å². The molecule has 0 aliphatic carbocycles. The first-order valence-electron chi connectivity index (χ1n) is 7.49. The summed E-state index contributed by atoms with van der Waals surface area (Å²) in [5, 5.41) is 4.77. The van der Waals surface area contributed by atoms with E-state index in [9.17, 15) is 0 Å². The molecular weight excluding hydrogens is 322 g/mol. The van der Waals surface area contributed by atoms with Gasteiger partial charge < -0.3 is 10.3 Å². The molecule has 118 valence electrons. The monoisotopic (exact) mass is 335 g/mol. The standard InChI is InChI=1S/C18H14ClN5/c1-11-5-6-15-14(16(11)19)10-22-18(24-15)23-13-4-2-3-12(9-13)17-20-7-8-21-17/h2-10H,1H3,(H,20,21)(H,22,23,24). The van der Waals surface area contributed by atoms with Crippen LogP contribution in [0.2, 0.25) is 5.02 Å². The fourth-order valence-electron chi connectivity index (χ4n) is 2.54. The van der Waals surface area contributed by atoms with Crippen molar-refractivity contribution < 1.29 is 0 Å². The summed E-state index contributed by atoms with van der Waals surface area (Å²) in [7, 11) is 0. The Hall–Kier alpha value is -2.92. The van der Waals surface area contributed by atoms with Crippen molar-refractivity contribution in [3.63, 3.8) is 0 Å². The molecular formula is C18H14ClN5. The minimum atomic E-state index is 0.527. The van der Waals surface area contributed by atoms with E-state index in [1.54, 1.807) is 18.6 Å². The number of imidazole rings is 1. The summed E-state index contributed by atoms with van der Waals surface area (Å²) in [5.74, 6) is 1.35. The third-order valence-corrected chi connectivity index (χ3v) is 4.28. The summed E-state index contributed by atoms with van der Waals surface area (Å²) in [6.45, 7) is 1.97. The number of anilines is 2. The zero-order valence-corrected chi connectivity index (χ0v) is 13.7. The predicted molar refractivity (Wildman–Crippen MR) is 96.6 cm³/mol. The molecule has 4 rings (SSSR count). The van der Waals surface area contributed by atoms with Crippen LogP contribution in [-0.2, 0) is 0 Å². The Morgan fingerprint density at radius 2 is 2.04 bits per heavy atom. The number of aromatic amines is 1. The Morgan fingerprint density at radius 3 is 2.88 bits per heavy atom. The molecule has 0 unspecified atom stereocenters. The second kappa shape index (κ2) is 5.94. The summed E-state index contributed by atoms with van der Waals surface area (Å²) in [6, 6.07) is 11.8. The molecule has 0 amide bonds. The number of aryl methyl sites for hydroxylation is 1. The van der Waals surface area contributed by atoms with Crippen LogP contribution in [0.25, 0.3) is 22.3 Å². The number of rotatable bonds is 3. The fourth-order valence-corrected chi connectivity index (χ4v) is 2.75. The molecule has 0 spiro atoms. The molecule has 5 nitrogen and oxygen atoms in total. The highest BCUT2D eigenvalue weighted by Crippen LogP contribution is 2.27. The van der Waals surface area contributed by atoms with Crippen LogP contribution in [0.3, 0.4) is 0 Å². The summed E-state index contributed by atoms with van der Waals surface area (Å²) >= 11 is 6.31. The van der Waals surface area contributed by atoms with E-state index in [-0.39, 0.29) is 0 Å². The number of aromatic nitrogens is 4. The van der Waals surface area contributed by atoms with Crippen molar-refractivity contribution in [1.82, 2.24) is 19.9 Å². The highest BCUT2D eigenvalue weighted by molar-refractivity contribution is 6.36. The van der Waals surface area contributed by atoms with Gasteiger partial charge in [0.1, 0.15) is 5.82 Å². The van der Waals surface area contributed by atoms with Gasteiger partial charge in [-0.15, -0.1) is 0 Å². The Labute approximate surface area is 143 Å². The van der Waals surface area contributed by atoms with Crippen molar-refractivity contribution >= 4 is 34.1 Å². The second-order valence-electron chi connectivity index (χ2n) is 5.47. The first-order chi connectivity index (χ1) is 11.7. The molecule has 2 heterocycles. The van der Waals surface area contributed by atoms with Crippen LogP contribution in [0.15, 0.2) is 55.0 Å². The lowest BCUT2D eigenvalue weighted by molar-refractivity contribution is 1.21. The Bertz CT molecular complexity index is 1010. The number of benzene rings is 2. The maximum absolute atomic E-state index is 6.31. The van der Waals surface area contributed by atoms with E-state index >= 15 is 0 Å². The van der Waals surface area contributed by atoms with Crippen LogP contribution < -0.4 is 5.32 Å². The SMILES string of the molecule is Cc1ccc2nc(Nc3cccc(-c4ncc[nH]4)c3)ncc2c1Cl. The number of fused-ring (bicyclic) bond motifs is 1. The lowest BCUT2D eigenvalue weighted by Crippen LogP contribution is -1.98. The van der Waals surface area contributed by atoms with Gasteiger partial charge in [0.05, 0.1) is 10.5 Å². The van der Waals surface area contributed by atoms with Crippen LogP contribution in [0.5, 0.6) is 0 Å². The number of nitrogens with zero attached hydrogens (tertiary/aromatic N) is 3. The van der Waals surface area contributed by atoms with Crippen molar-refractivity contribution in [1.29, 1.82) is 0 Å². The minimum absolute atomic E-state index is 0.527. The van der Waals surface area contributed by atoms with Crippen molar-refractivity contribution in [3.8, 4) is 11.4 Å². The van der Waals surface area contributed by atoms with Crippen molar-refractivity contribution in [2.75, 3.05) is 5.32 Å². The molecule has 0 fully saturated rings. The Balaban J connectivity index is 1.67. The Kier molecular flexibility index (Phi) is 3.63. The van der Waals surface area contributed by atoms with Gasteiger partial charge in [-0.2, -0.15) is 0 Å². The van der Waals surface area contributed by atoms with Crippen LogP contribution in [0, 0.1) is 6.92 Å². The largest absolute Gasteiger partial charge is 0.345 e. The molecule has 6 heteroatoms. The summed E-state index contributed by atoms with van der Waals surface area (Å²) in [4.78, 5) is 16.3. The van der Waals surface area contributed by atoms with Gasteiger partial charge in [-0.05, 0) is 30.7 Å². The van der Waals surface area contributed by atoms with E-state index in [0.29, 0.717) is 11.0 Å². The predicted octanol–water partition coefficient (Wildman–Crippen LogP) is 4.73. The summed E-state index contributed by atoms with van der Waals surface area (Å²) < 4.78 is 0. The quantitative estimate of drug-likeness (QED) is 0.568. The zero-order valence-electron chi connectivity index (χ0n) is 12.9. The third-order valence-electron chi connectivity index (χ3n) is 3.78. The topological polar surface area (TPSA) is 66.5 Å². The van der Waals surface area contributed by atoms with Crippen LogP contribution in [-0.4, -0.2) is 19.9 Å². The van der Waals surface area contributed by atoms with Crippen LogP contribution in [0.4, 0.5) is 11.6 Å². The van der Waals surface area contributed by atoms with Crippen molar-refractivity contribution in [3.05, 3.63) is 65.6 Å². The van der Waals surface area contributed by atoms with Gasteiger partial charge in [0.15, 0.2) is 0 Å². The number of H-pyrrole nitrogens is 1. The fraction of sp³-hybridized carbons (Fsp3) is 0.0556. The van der Waals surface area contributed by atoms with Gasteiger partial charge in [0.25, 0.3) is 0 Å². The first kappa shape index (κ1) is 14.7. The lowest BCUT2D eigenvalue weighted by atomic mass is 10.2. The smallest absolute Gasteiger partial charge is 0.227 e. The van der Waals surface area contributed by atoms with E-state index in [4.69, 9.17) is 11.6 Å². The molecule has 2 aromatic heterocycles. The van der Waals surface area contributed by atoms with Gasteiger partial charge in [-0.3, -0.25) is 0 Å². The highest BCUT2D eigenvalue weighted by atomic mass is 35.5. The normalized spacial score (nSPS) is 10.9. The van der Waals surface area contributed by atoms with Crippen LogP contribution in [0.1, 0.15) is 5.56 Å². The highest BCUT2D eigenvalue weighted by Gasteiger charge is 2.07. The van der Waals surface area contributed by atoms with E-state index in [0.717, 1.165) is 33.5 Å². The minimum Gasteiger partial charge on any atom is -0.345 e. The van der Waals surface area contributed by atoms with Gasteiger partial charge in [-0.25, -0.2) is 15.0 Å². The molecule has 2 aromatic carbocycles. The molecule has 4 aromatic rings. The van der Waals surface area contributed by atoms with Crippen molar-refractivity contribution in [2.45, 2.75) is 6.92 Å². The maximum Gasteiger partial charge on any atom is 0.227 e. The van der Waals surface area contributed by atoms with Gasteiger partial charge in [-0.1, -0.05) is 29.8 Å². The van der Waals surface area contributed by atoms with E-state index < -0.39 is 0 Å².